The van der Waals surface area contributed by atoms with Gasteiger partial charge in [0.15, 0.2) is 11.6 Å². The highest BCUT2D eigenvalue weighted by atomic mass is 19.4. The summed E-state index contributed by atoms with van der Waals surface area (Å²) in [4.78, 5) is 3.51. The number of anilines is 1. The van der Waals surface area contributed by atoms with Crippen molar-refractivity contribution < 1.29 is 17.9 Å². The number of alkyl halides is 3. The fourth-order valence-electron chi connectivity index (χ4n) is 1.64. The van der Waals surface area contributed by atoms with E-state index in [2.05, 4.69) is 10.3 Å². The van der Waals surface area contributed by atoms with Crippen LogP contribution < -0.4 is 10.1 Å². The smallest absolute Gasteiger partial charge is 0.433 e. The molecule has 0 spiro atoms. The minimum Gasteiger partial charge on any atom is -0.485 e. The summed E-state index contributed by atoms with van der Waals surface area (Å²) in [5.41, 5.74) is -0.0247. The normalized spacial score (nSPS) is 11.2. The maximum absolute atomic E-state index is 12.6. The van der Waals surface area contributed by atoms with Crippen LogP contribution in [0, 0.1) is 0 Å². The second kappa shape index (κ2) is 5.81. The molecule has 2 rings (SSSR count). The molecule has 0 aliphatic heterocycles. The van der Waals surface area contributed by atoms with Crippen molar-refractivity contribution in [2.75, 3.05) is 12.4 Å². The van der Waals surface area contributed by atoms with Gasteiger partial charge in [0.2, 0.25) is 0 Å². The molecule has 0 fully saturated rings. The van der Waals surface area contributed by atoms with Crippen molar-refractivity contribution in [2.45, 2.75) is 12.8 Å². The minimum absolute atomic E-state index is 0.0655. The number of nitrogens with zero attached hydrogens (tertiary/aromatic N) is 1. The van der Waals surface area contributed by atoms with Crippen molar-refractivity contribution in [3.05, 3.63) is 53.7 Å². The van der Waals surface area contributed by atoms with Gasteiger partial charge >= 0.3 is 6.18 Å². The van der Waals surface area contributed by atoms with Gasteiger partial charge in [-0.05, 0) is 17.7 Å². The maximum atomic E-state index is 12.6. The Kier molecular flexibility index (Phi) is 4.12. The number of aromatic nitrogens is 1. The zero-order valence-electron chi connectivity index (χ0n) is 10.7. The summed E-state index contributed by atoms with van der Waals surface area (Å²) in [6, 6.07) is 11.5. The Morgan fingerprint density at radius 3 is 2.40 bits per heavy atom. The van der Waals surface area contributed by atoms with Gasteiger partial charge in [-0.25, -0.2) is 4.98 Å². The molecule has 0 aliphatic carbocycles. The average Bonchev–Trinajstić information content (AvgIpc) is 2.45. The number of rotatable bonds is 4. The van der Waals surface area contributed by atoms with Crippen LogP contribution in [0.15, 0.2) is 42.5 Å². The summed E-state index contributed by atoms with van der Waals surface area (Å²) in [7, 11) is 1.50. The highest BCUT2D eigenvalue weighted by Crippen LogP contribution is 2.32. The number of hydrogen-bond donors (Lipinski definition) is 1. The summed E-state index contributed by atoms with van der Waals surface area (Å²) in [6.45, 7) is 0.266. The van der Waals surface area contributed by atoms with E-state index in [0.29, 0.717) is 0 Å². The Morgan fingerprint density at radius 2 is 1.80 bits per heavy atom. The Hall–Kier alpha value is -2.24. The number of halogens is 3. The molecule has 0 bridgehead atoms. The minimum atomic E-state index is -4.47. The number of benzene rings is 1. The standard InChI is InChI=1S/C14H13F3N2O/c1-18-13-11(7-8-12(19-13)14(15,16)17)20-9-10-5-3-2-4-6-10/h2-8H,9H2,1H3,(H,18,19). The third-order valence-electron chi connectivity index (χ3n) is 2.62. The molecule has 106 valence electrons. The van der Waals surface area contributed by atoms with E-state index in [9.17, 15) is 13.2 Å². The zero-order chi connectivity index (χ0) is 14.6. The van der Waals surface area contributed by atoms with Crippen molar-refractivity contribution in [1.29, 1.82) is 0 Å². The molecule has 0 atom stereocenters. The van der Waals surface area contributed by atoms with Crippen molar-refractivity contribution in [3.63, 3.8) is 0 Å². The van der Waals surface area contributed by atoms with E-state index in [1.807, 2.05) is 30.3 Å². The maximum Gasteiger partial charge on any atom is 0.433 e. The molecule has 0 amide bonds. The van der Waals surface area contributed by atoms with E-state index in [1.54, 1.807) is 0 Å². The lowest BCUT2D eigenvalue weighted by atomic mass is 10.2. The molecule has 3 nitrogen and oxygen atoms in total. The highest BCUT2D eigenvalue weighted by molar-refractivity contribution is 5.50. The Morgan fingerprint density at radius 1 is 1.10 bits per heavy atom. The predicted molar refractivity (Wildman–Crippen MR) is 69.6 cm³/mol. The van der Waals surface area contributed by atoms with Gasteiger partial charge in [-0.15, -0.1) is 0 Å². The topological polar surface area (TPSA) is 34.2 Å². The lowest BCUT2D eigenvalue weighted by Crippen LogP contribution is -2.10. The molecule has 1 N–H and O–H groups in total. The van der Waals surface area contributed by atoms with Crippen LogP contribution in [0.1, 0.15) is 11.3 Å². The van der Waals surface area contributed by atoms with Crippen LogP contribution in [-0.2, 0) is 12.8 Å². The van der Waals surface area contributed by atoms with E-state index in [4.69, 9.17) is 4.74 Å². The Balaban J connectivity index is 2.16. The predicted octanol–water partition coefficient (Wildman–Crippen LogP) is 3.72. The lowest BCUT2D eigenvalue weighted by Gasteiger charge is -2.13. The first-order valence-electron chi connectivity index (χ1n) is 5.93. The first-order chi connectivity index (χ1) is 9.50. The molecule has 0 radical (unpaired) electrons. The van der Waals surface area contributed by atoms with Crippen LogP contribution in [0.5, 0.6) is 5.75 Å². The molecule has 6 heteroatoms. The van der Waals surface area contributed by atoms with Gasteiger partial charge in [-0.1, -0.05) is 30.3 Å². The molecule has 1 aromatic heterocycles. The first kappa shape index (κ1) is 14.2. The molecule has 2 aromatic rings. The molecule has 0 saturated heterocycles. The second-order valence-corrected chi connectivity index (χ2v) is 4.07. The number of pyridine rings is 1. The van der Waals surface area contributed by atoms with Crippen molar-refractivity contribution in [1.82, 2.24) is 4.98 Å². The summed E-state index contributed by atoms with van der Waals surface area (Å²) in [5.74, 6) is 0.347. The third-order valence-corrected chi connectivity index (χ3v) is 2.62. The van der Waals surface area contributed by atoms with E-state index < -0.39 is 11.9 Å². The fourth-order valence-corrected chi connectivity index (χ4v) is 1.64. The van der Waals surface area contributed by atoms with Crippen LogP contribution in [0.25, 0.3) is 0 Å². The van der Waals surface area contributed by atoms with Gasteiger partial charge in [-0.2, -0.15) is 13.2 Å². The van der Waals surface area contributed by atoms with Gasteiger partial charge in [0.1, 0.15) is 12.3 Å². The summed E-state index contributed by atoms with van der Waals surface area (Å²) in [6.07, 6.45) is -4.47. The van der Waals surface area contributed by atoms with Crippen molar-refractivity contribution in [3.8, 4) is 5.75 Å². The quantitative estimate of drug-likeness (QED) is 0.928. The second-order valence-electron chi connectivity index (χ2n) is 4.07. The Labute approximate surface area is 114 Å². The first-order valence-corrected chi connectivity index (χ1v) is 5.93. The Bertz CT molecular complexity index is 570. The third kappa shape index (κ3) is 3.40. The SMILES string of the molecule is CNc1nc(C(F)(F)F)ccc1OCc1ccccc1. The van der Waals surface area contributed by atoms with Crippen LogP contribution in [0.4, 0.5) is 19.0 Å². The molecule has 0 aliphatic rings. The van der Waals surface area contributed by atoms with Gasteiger partial charge in [0.25, 0.3) is 0 Å². The largest absolute Gasteiger partial charge is 0.485 e. The molecule has 20 heavy (non-hydrogen) atoms. The zero-order valence-corrected chi connectivity index (χ0v) is 10.7. The average molecular weight is 282 g/mol. The highest BCUT2D eigenvalue weighted by Gasteiger charge is 2.33. The molecular formula is C14H13F3N2O. The summed E-state index contributed by atoms with van der Waals surface area (Å²) < 4.78 is 43.2. The lowest BCUT2D eigenvalue weighted by molar-refractivity contribution is -0.141. The molecule has 1 aromatic carbocycles. The molecular weight excluding hydrogens is 269 g/mol. The van der Waals surface area contributed by atoms with Crippen molar-refractivity contribution >= 4 is 5.82 Å². The number of ether oxygens (including phenoxy) is 1. The van der Waals surface area contributed by atoms with E-state index in [0.717, 1.165) is 11.6 Å². The van der Waals surface area contributed by atoms with E-state index in [-0.39, 0.29) is 18.2 Å². The molecule has 1 heterocycles. The fraction of sp³-hybridized carbons (Fsp3) is 0.214. The monoisotopic (exact) mass is 282 g/mol. The summed E-state index contributed by atoms with van der Waals surface area (Å²) >= 11 is 0. The van der Waals surface area contributed by atoms with E-state index >= 15 is 0 Å². The van der Waals surface area contributed by atoms with Crippen LogP contribution in [-0.4, -0.2) is 12.0 Å². The van der Waals surface area contributed by atoms with Gasteiger partial charge in [0, 0.05) is 7.05 Å². The van der Waals surface area contributed by atoms with E-state index in [1.165, 1.54) is 13.1 Å². The van der Waals surface area contributed by atoms with Crippen LogP contribution >= 0.6 is 0 Å². The molecule has 0 unspecified atom stereocenters. The summed E-state index contributed by atoms with van der Waals surface area (Å²) in [5, 5.41) is 2.61. The number of hydrogen-bond acceptors (Lipinski definition) is 3. The van der Waals surface area contributed by atoms with Gasteiger partial charge in [0.05, 0.1) is 0 Å². The van der Waals surface area contributed by atoms with Gasteiger partial charge in [-0.3, -0.25) is 0 Å². The van der Waals surface area contributed by atoms with Crippen LogP contribution in [0.2, 0.25) is 0 Å². The van der Waals surface area contributed by atoms with Crippen LogP contribution in [0.3, 0.4) is 0 Å². The van der Waals surface area contributed by atoms with Crippen molar-refractivity contribution in [2.24, 2.45) is 0 Å². The number of nitrogens with one attached hydrogen (secondary N) is 1. The molecule has 0 saturated carbocycles. The van der Waals surface area contributed by atoms with Gasteiger partial charge < -0.3 is 10.1 Å².